The van der Waals surface area contributed by atoms with Gasteiger partial charge in [0.25, 0.3) is 17.7 Å². The van der Waals surface area contributed by atoms with Gasteiger partial charge in [0.2, 0.25) is 5.91 Å². The van der Waals surface area contributed by atoms with E-state index in [0.29, 0.717) is 0 Å². The molecule has 1 unspecified atom stereocenters. The molecule has 3 N–H and O–H groups in total. The Morgan fingerprint density at radius 1 is 1.00 bits per heavy atom. The van der Waals surface area contributed by atoms with E-state index in [1.54, 1.807) is 24.3 Å². The number of halogens is 1. The number of carbonyl (C=O) groups is 5. The third-order valence-electron chi connectivity index (χ3n) is 4.05. The Morgan fingerprint density at radius 3 is 2.10 bits per heavy atom. The van der Waals surface area contributed by atoms with Gasteiger partial charge >= 0.3 is 5.97 Å². The summed E-state index contributed by atoms with van der Waals surface area (Å²) in [4.78, 5) is 65.7. The first-order chi connectivity index (χ1) is 13.8. The lowest BCUT2D eigenvalue weighted by molar-refractivity contribution is -0.171. The number of fused-ring (bicyclic) bond motifs is 1. The van der Waals surface area contributed by atoms with E-state index in [2.05, 4.69) is 5.32 Å². The Hall–Kier alpha value is -3.72. The molecule has 2 aromatic rings. The number of benzene rings is 2. The molecule has 0 aliphatic carbocycles. The molecule has 0 radical (unpaired) electrons. The molecule has 1 atom stereocenters. The first kappa shape index (κ1) is 20.0. The molecule has 148 valence electrons. The second-order valence-electron chi connectivity index (χ2n) is 6.04. The smallest absolute Gasteiger partial charge is 0.355 e. The van der Waals surface area contributed by atoms with E-state index in [1.807, 2.05) is 0 Å². The fraction of sp³-hybridized carbons (Fsp3) is 0.105. The van der Waals surface area contributed by atoms with Crippen molar-refractivity contribution in [2.75, 3.05) is 0 Å². The summed E-state index contributed by atoms with van der Waals surface area (Å²) < 4.78 is 0. The molecular weight excluding hydrogens is 402 g/mol. The van der Waals surface area contributed by atoms with E-state index >= 15 is 0 Å². The van der Waals surface area contributed by atoms with Gasteiger partial charge in [-0.25, -0.2) is 4.79 Å². The number of nitrogens with zero attached hydrogens (tertiary/aromatic N) is 1. The van der Waals surface area contributed by atoms with Crippen LogP contribution in [0.25, 0.3) is 0 Å². The number of nitrogens with two attached hydrogens (primary N) is 1. The van der Waals surface area contributed by atoms with Crippen molar-refractivity contribution in [3.63, 3.8) is 0 Å². The molecule has 3 rings (SSSR count). The van der Waals surface area contributed by atoms with Crippen LogP contribution in [0, 0.1) is 0 Å². The van der Waals surface area contributed by atoms with Crippen LogP contribution in [0.4, 0.5) is 0 Å². The fourth-order valence-corrected chi connectivity index (χ4v) is 2.90. The van der Waals surface area contributed by atoms with Gasteiger partial charge in [-0.1, -0.05) is 40.9 Å². The summed E-state index contributed by atoms with van der Waals surface area (Å²) in [5.74, 6) is -4.56. The summed E-state index contributed by atoms with van der Waals surface area (Å²) in [6, 6.07) is 10.4. The summed E-state index contributed by atoms with van der Waals surface area (Å²) in [5, 5.41) is 2.68. The number of amides is 4. The summed E-state index contributed by atoms with van der Waals surface area (Å²) in [6.45, 7) is 0. The van der Waals surface area contributed by atoms with Crippen LogP contribution in [0.3, 0.4) is 0 Å². The van der Waals surface area contributed by atoms with Gasteiger partial charge in [0.1, 0.15) is 6.04 Å². The van der Waals surface area contributed by atoms with Crippen LogP contribution in [-0.4, -0.2) is 40.7 Å². The minimum absolute atomic E-state index is 0.0529. The highest BCUT2D eigenvalue weighted by atomic mass is 35.5. The average Bonchev–Trinajstić information content (AvgIpc) is 2.92. The molecule has 1 aliphatic heterocycles. The molecule has 0 bridgehead atoms. The molecule has 29 heavy (non-hydrogen) atoms. The molecule has 0 saturated heterocycles. The van der Waals surface area contributed by atoms with Crippen LogP contribution in [0.1, 0.15) is 37.5 Å². The largest absolute Gasteiger partial charge is 0.370 e. The maximum absolute atomic E-state index is 12.5. The minimum atomic E-state index is -1.54. The van der Waals surface area contributed by atoms with E-state index in [0.717, 1.165) is 0 Å². The van der Waals surface area contributed by atoms with Crippen LogP contribution in [-0.2, 0) is 14.4 Å². The van der Waals surface area contributed by atoms with E-state index in [-0.39, 0.29) is 26.8 Å². The minimum Gasteiger partial charge on any atom is -0.370 e. The molecule has 0 spiro atoms. The Kier molecular flexibility index (Phi) is 5.60. The zero-order chi connectivity index (χ0) is 21.1. The van der Waals surface area contributed by atoms with Crippen molar-refractivity contribution < 1.29 is 28.8 Å². The lowest BCUT2D eigenvalue weighted by atomic mass is 10.1. The highest BCUT2D eigenvalue weighted by Crippen LogP contribution is 2.23. The quantitative estimate of drug-likeness (QED) is 0.677. The summed E-state index contributed by atoms with van der Waals surface area (Å²) in [5.41, 5.74) is 5.32. The van der Waals surface area contributed by atoms with Gasteiger partial charge < -0.3 is 15.9 Å². The van der Waals surface area contributed by atoms with Crippen LogP contribution in [0.5, 0.6) is 0 Å². The monoisotopic (exact) mass is 415 g/mol. The molecular formula is C19H14ClN3O6. The van der Waals surface area contributed by atoms with Crippen molar-refractivity contribution in [1.82, 2.24) is 10.4 Å². The van der Waals surface area contributed by atoms with Crippen molar-refractivity contribution in [2.45, 2.75) is 12.5 Å². The Balaban J connectivity index is 1.77. The molecule has 0 saturated carbocycles. The molecule has 1 aliphatic rings. The van der Waals surface area contributed by atoms with E-state index in [9.17, 15) is 24.0 Å². The number of hydrogen-bond acceptors (Lipinski definition) is 6. The predicted octanol–water partition coefficient (Wildman–Crippen LogP) is 1.07. The lowest BCUT2D eigenvalue weighted by Crippen LogP contribution is -2.47. The molecule has 4 amide bonds. The zero-order valence-electron chi connectivity index (χ0n) is 14.8. The molecule has 10 heteroatoms. The maximum Gasteiger partial charge on any atom is 0.355 e. The number of hydrogen-bond donors (Lipinski definition) is 2. The highest BCUT2D eigenvalue weighted by molar-refractivity contribution is 6.33. The Labute approximate surface area is 169 Å². The number of imide groups is 1. The fourth-order valence-electron chi connectivity index (χ4n) is 2.68. The molecule has 0 aromatic heterocycles. The van der Waals surface area contributed by atoms with Crippen LogP contribution in [0.15, 0.2) is 48.5 Å². The molecule has 9 nitrogen and oxygen atoms in total. The van der Waals surface area contributed by atoms with E-state index < -0.39 is 42.1 Å². The highest BCUT2D eigenvalue weighted by Gasteiger charge is 2.40. The van der Waals surface area contributed by atoms with Gasteiger partial charge in [0.15, 0.2) is 0 Å². The Morgan fingerprint density at radius 2 is 1.55 bits per heavy atom. The molecule has 0 fully saturated rings. The number of rotatable bonds is 6. The van der Waals surface area contributed by atoms with Crippen molar-refractivity contribution >= 4 is 41.2 Å². The number of primary amides is 1. The van der Waals surface area contributed by atoms with Gasteiger partial charge in [-0.05, 0) is 24.3 Å². The predicted molar refractivity (Wildman–Crippen MR) is 99.6 cm³/mol. The van der Waals surface area contributed by atoms with Crippen LogP contribution in [0.2, 0.25) is 5.02 Å². The number of nitrogens with one attached hydrogen (secondary N) is 1. The second kappa shape index (κ2) is 8.11. The normalized spacial score (nSPS) is 13.6. The number of carbonyl (C=O) groups excluding carboxylic acids is 5. The van der Waals surface area contributed by atoms with Crippen molar-refractivity contribution in [3.8, 4) is 0 Å². The SMILES string of the molecule is NC(=O)CC(NC(=O)c1ccccc1Cl)C(=O)ON1C(=O)c2ccccc2C1=O. The van der Waals surface area contributed by atoms with E-state index in [4.69, 9.17) is 22.2 Å². The standard InChI is InChI=1S/C19H14ClN3O6/c20-13-8-4-3-7-12(13)16(25)22-14(9-15(21)24)19(28)29-23-17(26)10-5-1-2-6-11(10)18(23)27/h1-8,14H,9H2,(H2,21,24)(H,22,25). The first-order valence-corrected chi connectivity index (χ1v) is 8.70. The summed E-state index contributed by atoms with van der Waals surface area (Å²) >= 11 is 5.95. The van der Waals surface area contributed by atoms with Gasteiger partial charge in [-0.2, -0.15) is 0 Å². The summed E-state index contributed by atoms with van der Waals surface area (Å²) in [7, 11) is 0. The van der Waals surface area contributed by atoms with Gasteiger partial charge in [0, 0.05) is 0 Å². The first-order valence-electron chi connectivity index (χ1n) is 8.33. The van der Waals surface area contributed by atoms with E-state index in [1.165, 1.54) is 24.3 Å². The maximum atomic E-state index is 12.5. The zero-order valence-corrected chi connectivity index (χ0v) is 15.5. The van der Waals surface area contributed by atoms with Crippen molar-refractivity contribution in [3.05, 3.63) is 70.2 Å². The average molecular weight is 416 g/mol. The summed E-state index contributed by atoms with van der Waals surface area (Å²) in [6.07, 6.45) is -0.613. The van der Waals surface area contributed by atoms with Crippen molar-refractivity contribution in [1.29, 1.82) is 0 Å². The van der Waals surface area contributed by atoms with Crippen molar-refractivity contribution in [2.24, 2.45) is 5.73 Å². The van der Waals surface area contributed by atoms with Crippen LogP contribution < -0.4 is 11.1 Å². The van der Waals surface area contributed by atoms with Gasteiger partial charge in [-0.3, -0.25) is 19.2 Å². The topological polar surface area (TPSA) is 136 Å². The van der Waals surface area contributed by atoms with Gasteiger partial charge in [-0.15, -0.1) is 0 Å². The molecule has 2 aromatic carbocycles. The Bertz CT molecular complexity index is 1000. The third kappa shape index (κ3) is 4.09. The van der Waals surface area contributed by atoms with Crippen LogP contribution >= 0.6 is 11.6 Å². The van der Waals surface area contributed by atoms with Gasteiger partial charge in [0.05, 0.1) is 28.1 Å². The third-order valence-corrected chi connectivity index (χ3v) is 4.38. The second-order valence-corrected chi connectivity index (χ2v) is 6.44. The number of hydroxylamine groups is 2. The molecule has 1 heterocycles. The lowest BCUT2D eigenvalue weighted by Gasteiger charge is -2.19.